The molecule has 7 heteroatoms. The Morgan fingerprint density at radius 1 is 1.50 bits per heavy atom. The fraction of sp³-hybridized carbons (Fsp3) is 0.533. The molecule has 0 fully saturated rings. The quantitative estimate of drug-likeness (QED) is 0.755. The maximum absolute atomic E-state index is 12.1. The molecule has 1 aromatic rings. The zero-order valence-electron chi connectivity index (χ0n) is 13.4. The molecule has 0 aliphatic rings. The molecule has 0 aliphatic heterocycles. The minimum Gasteiger partial charge on any atom is -0.480 e. The summed E-state index contributed by atoms with van der Waals surface area (Å²) < 4.78 is 0. The van der Waals surface area contributed by atoms with Crippen molar-refractivity contribution in [2.75, 3.05) is 7.05 Å². The number of nitrogens with zero attached hydrogens (tertiary/aromatic N) is 2. The van der Waals surface area contributed by atoms with E-state index < -0.39 is 18.0 Å². The second-order valence-electron chi connectivity index (χ2n) is 5.55. The fourth-order valence-corrected chi connectivity index (χ4v) is 2.60. The molecule has 1 aromatic heterocycles. The zero-order chi connectivity index (χ0) is 16.9. The standard InChI is InChI=1S/C15H23N3O3S/c1-6-10(4)12(14(19)20)17-15(21)18(5)7-11-8-22-13(16-11)9(2)3/h6,8-10,12H,1,7H2,2-5H3,(H,17,21)(H,19,20)/t10?,12-/m0/s1. The van der Waals surface area contributed by atoms with Gasteiger partial charge in [-0.3, -0.25) is 0 Å². The number of rotatable bonds is 7. The van der Waals surface area contributed by atoms with Gasteiger partial charge < -0.3 is 15.3 Å². The van der Waals surface area contributed by atoms with E-state index in [0.717, 1.165) is 10.7 Å². The number of nitrogens with one attached hydrogen (secondary N) is 1. The number of carboxylic acid groups (broad SMARTS) is 1. The Morgan fingerprint density at radius 2 is 2.14 bits per heavy atom. The van der Waals surface area contributed by atoms with Crippen LogP contribution in [0.1, 0.15) is 37.4 Å². The van der Waals surface area contributed by atoms with Crippen molar-refractivity contribution in [1.82, 2.24) is 15.2 Å². The molecule has 0 bridgehead atoms. The SMILES string of the molecule is C=CC(C)[C@H](NC(=O)N(C)Cc1csc(C(C)C)n1)C(=O)O. The lowest BCUT2D eigenvalue weighted by molar-refractivity contribution is -0.140. The summed E-state index contributed by atoms with van der Waals surface area (Å²) in [6.45, 7) is 9.72. The topological polar surface area (TPSA) is 82.5 Å². The van der Waals surface area contributed by atoms with Crippen LogP contribution in [0.15, 0.2) is 18.0 Å². The third-order valence-electron chi connectivity index (χ3n) is 3.25. The van der Waals surface area contributed by atoms with Crippen molar-refractivity contribution in [1.29, 1.82) is 0 Å². The first-order chi connectivity index (χ1) is 10.3. The number of carboxylic acids is 1. The lowest BCUT2D eigenvalue weighted by atomic mass is 10.0. The first-order valence-electron chi connectivity index (χ1n) is 7.07. The number of carbonyl (C=O) groups excluding carboxylic acids is 1. The summed E-state index contributed by atoms with van der Waals surface area (Å²) >= 11 is 1.56. The second-order valence-corrected chi connectivity index (χ2v) is 6.44. The van der Waals surface area contributed by atoms with E-state index in [1.807, 2.05) is 5.38 Å². The van der Waals surface area contributed by atoms with Crippen LogP contribution in [0.5, 0.6) is 0 Å². The van der Waals surface area contributed by atoms with E-state index in [0.29, 0.717) is 12.5 Å². The Balaban J connectivity index is 2.67. The van der Waals surface area contributed by atoms with Gasteiger partial charge in [0, 0.05) is 24.3 Å². The summed E-state index contributed by atoms with van der Waals surface area (Å²) in [6.07, 6.45) is 1.51. The van der Waals surface area contributed by atoms with E-state index in [9.17, 15) is 9.59 Å². The summed E-state index contributed by atoms with van der Waals surface area (Å²) in [7, 11) is 1.61. The van der Waals surface area contributed by atoms with Crippen LogP contribution in [0, 0.1) is 5.92 Å². The van der Waals surface area contributed by atoms with Gasteiger partial charge in [-0.1, -0.05) is 26.8 Å². The average Bonchev–Trinajstić information content (AvgIpc) is 2.91. The maximum Gasteiger partial charge on any atom is 0.326 e. The largest absolute Gasteiger partial charge is 0.480 e. The zero-order valence-corrected chi connectivity index (χ0v) is 14.2. The highest BCUT2D eigenvalue weighted by Crippen LogP contribution is 2.19. The summed E-state index contributed by atoms with van der Waals surface area (Å²) in [4.78, 5) is 29.2. The van der Waals surface area contributed by atoms with Gasteiger partial charge in [0.1, 0.15) is 6.04 Å². The molecule has 122 valence electrons. The van der Waals surface area contributed by atoms with Gasteiger partial charge in [-0.15, -0.1) is 17.9 Å². The molecular formula is C15H23N3O3S. The predicted octanol–water partition coefficient (Wildman–Crippen LogP) is 2.68. The van der Waals surface area contributed by atoms with E-state index in [-0.39, 0.29) is 5.92 Å². The van der Waals surface area contributed by atoms with Gasteiger partial charge in [0.15, 0.2) is 0 Å². The molecule has 0 aliphatic carbocycles. The lowest BCUT2D eigenvalue weighted by Crippen LogP contribution is -2.49. The Labute approximate surface area is 134 Å². The van der Waals surface area contributed by atoms with Crippen LogP contribution in [-0.4, -0.2) is 40.1 Å². The molecule has 6 nitrogen and oxygen atoms in total. The molecule has 0 spiro atoms. The Hall–Kier alpha value is -1.89. The Kier molecular flexibility index (Phi) is 6.55. The van der Waals surface area contributed by atoms with Crippen molar-refractivity contribution in [2.24, 2.45) is 5.92 Å². The normalized spacial score (nSPS) is 13.5. The molecule has 2 atom stereocenters. The molecule has 0 saturated carbocycles. The number of aromatic nitrogens is 1. The fourth-order valence-electron chi connectivity index (χ4n) is 1.77. The van der Waals surface area contributed by atoms with Crippen molar-refractivity contribution >= 4 is 23.3 Å². The number of hydrogen-bond donors (Lipinski definition) is 2. The molecule has 1 rings (SSSR count). The third-order valence-corrected chi connectivity index (χ3v) is 4.45. The maximum atomic E-state index is 12.1. The third kappa shape index (κ3) is 4.84. The highest BCUT2D eigenvalue weighted by molar-refractivity contribution is 7.09. The summed E-state index contributed by atoms with van der Waals surface area (Å²) in [5, 5.41) is 14.6. The number of urea groups is 1. The molecule has 22 heavy (non-hydrogen) atoms. The van der Waals surface area contributed by atoms with Crippen LogP contribution >= 0.6 is 11.3 Å². The first kappa shape index (κ1) is 18.2. The van der Waals surface area contributed by atoms with E-state index in [4.69, 9.17) is 5.11 Å². The predicted molar refractivity (Wildman–Crippen MR) is 87.0 cm³/mol. The number of thiazole rings is 1. The second kappa shape index (κ2) is 7.93. The van der Waals surface area contributed by atoms with Gasteiger partial charge in [0.05, 0.1) is 17.2 Å². The summed E-state index contributed by atoms with van der Waals surface area (Å²) in [6, 6.07) is -1.44. The van der Waals surface area contributed by atoms with Crippen LogP contribution in [0.25, 0.3) is 0 Å². The summed E-state index contributed by atoms with van der Waals surface area (Å²) in [5.41, 5.74) is 0.801. The number of hydrogen-bond acceptors (Lipinski definition) is 4. The van der Waals surface area contributed by atoms with Gasteiger partial charge >= 0.3 is 12.0 Å². The van der Waals surface area contributed by atoms with E-state index in [2.05, 4.69) is 30.7 Å². The van der Waals surface area contributed by atoms with Gasteiger partial charge in [0.25, 0.3) is 0 Å². The van der Waals surface area contributed by atoms with E-state index >= 15 is 0 Å². The van der Waals surface area contributed by atoms with Crippen molar-refractivity contribution < 1.29 is 14.7 Å². The first-order valence-corrected chi connectivity index (χ1v) is 7.95. The molecule has 2 N–H and O–H groups in total. The molecular weight excluding hydrogens is 302 g/mol. The van der Waals surface area contributed by atoms with E-state index in [1.54, 1.807) is 25.3 Å². The monoisotopic (exact) mass is 325 g/mol. The minimum atomic E-state index is -1.08. The van der Waals surface area contributed by atoms with E-state index in [1.165, 1.54) is 11.0 Å². The number of carbonyl (C=O) groups is 2. The summed E-state index contributed by atoms with van der Waals surface area (Å²) in [5.74, 6) is -1.09. The lowest BCUT2D eigenvalue weighted by Gasteiger charge is -2.23. The average molecular weight is 325 g/mol. The molecule has 0 saturated heterocycles. The van der Waals surface area contributed by atoms with Gasteiger partial charge in [0.2, 0.25) is 0 Å². The van der Waals surface area contributed by atoms with Gasteiger partial charge in [-0.2, -0.15) is 0 Å². The molecule has 1 heterocycles. The van der Waals surface area contributed by atoms with Crippen molar-refractivity contribution in [3.8, 4) is 0 Å². The Morgan fingerprint density at radius 3 is 2.59 bits per heavy atom. The van der Waals surface area contributed by atoms with Crippen LogP contribution in [-0.2, 0) is 11.3 Å². The number of aliphatic carboxylic acids is 1. The number of amides is 2. The van der Waals surface area contributed by atoms with Gasteiger partial charge in [-0.05, 0) is 0 Å². The van der Waals surface area contributed by atoms with Crippen molar-refractivity contribution in [3.05, 3.63) is 28.7 Å². The van der Waals surface area contributed by atoms with Crippen LogP contribution in [0.3, 0.4) is 0 Å². The molecule has 2 amide bonds. The highest BCUT2D eigenvalue weighted by Gasteiger charge is 2.26. The molecule has 1 unspecified atom stereocenters. The van der Waals surface area contributed by atoms with Crippen LogP contribution in [0.2, 0.25) is 0 Å². The Bertz CT molecular complexity index is 542. The highest BCUT2D eigenvalue weighted by atomic mass is 32.1. The molecule has 0 radical (unpaired) electrons. The van der Waals surface area contributed by atoms with Gasteiger partial charge in [-0.25, -0.2) is 14.6 Å². The molecule has 0 aromatic carbocycles. The minimum absolute atomic E-state index is 0.337. The van der Waals surface area contributed by atoms with Crippen LogP contribution < -0.4 is 5.32 Å². The van der Waals surface area contributed by atoms with Crippen molar-refractivity contribution in [2.45, 2.75) is 39.3 Å². The smallest absolute Gasteiger partial charge is 0.326 e. The van der Waals surface area contributed by atoms with Crippen LogP contribution in [0.4, 0.5) is 4.79 Å². The van der Waals surface area contributed by atoms with Crippen molar-refractivity contribution in [3.63, 3.8) is 0 Å².